The van der Waals surface area contributed by atoms with Crippen LogP contribution in [0.15, 0.2) is 48.2 Å². The molecule has 1 aromatic rings. The van der Waals surface area contributed by atoms with Gasteiger partial charge in [-0.05, 0) is 50.3 Å². The smallest absolute Gasteiger partial charge is 0.409 e. The van der Waals surface area contributed by atoms with Crippen LogP contribution < -0.4 is 15.4 Å². The second-order valence-electron chi connectivity index (χ2n) is 11.0. The lowest BCUT2D eigenvalue weighted by molar-refractivity contribution is -0.142. The van der Waals surface area contributed by atoms with Crippen molar-refractivity contribution in [2.45, 2.75) is 76.6 Å². The van der Waals surface area contributed by atoms with Gasteiger partial charge < -0.3 is 29.4 Å². The van der Waals surface area contributed by atoms with Gasteiger partial charge in [-0.2, -0.15) is 0 Å². The number of benzene rings is 1. The predicted molar refractivity (Wildman–Crippen MR) is 147 cm³/mol. The molecule has 7 atom stereocenters. The second-order valence-corrected chi connectivity index (χ2v) is 11.4. The minimum absolute atomic E-state index is 0.108. The molecule has 38 heavy (non-hydrogen) atoms. The summed E-state index contributed by atoms with van der Waals surface area (Å²) < 4.78 is 23.0. The number of rotatable bonds is 2. The van der Waals surface area contributed by atoms with Crippen LogP contribution in [0.4, 0.5) is 10.5 Å². The number of halogens is 1. The molecule has 0 aromatic heterocycles. The Morgan fingerprint density at radius 2 is 2.00 bits per heavy atom. The summed E-state index contributed by atoms with van der Waals surface area (Å²) in [4.78, 5) is 12.5. The lowest BCUT2D eigenvalue weighted by Gasteiger charge is -2.42. The van der Waals surface area contributed by atoms with Crippen LogP contribution in [0.3, 0.4) is 0 Å². The van der Waals surface area contributed by atoms with Gasteiger partial charge in [0.1, 0.15) is 23.0 Å². The van der Waals surface area contributed by atoms with E-state index in [4.69, 9.17) is 30.5 Å². The van der Waals surface area contributed by atoms with Crippen LogP contribution in [0.5, 0.6) is 5.75 Å². The molecule has 4 rings (SSSR count). The number of amides is 1. The van der Waals surface area contributed by atoms with Gasteiger partial charge in [-0.15, -0.1) is 0 Å². The highest BCUT2D eigenvalue weighted by molar-refractivity contribution is 6.34. The molecule has 3 N–H and O–H groups in total. The topological polar surface area (TPSA) is 102 Å². The van der Waals surface area contributed by atoms with Gasteiger partial charge in [0.05, 0.1) is 24.5 Å². The fourth-order valence-electron chi connectivity index (χ4n) is 5.63. The van der Waals surface area contributed by atoms with Crippen molar-refractivity contribution < 1.29 is 28.8 Å². The summed E-state index contributed by atoms with van der Waals surface area (Å²) in [6.45, 7) is 12.4. The van der Waals surface area contributed by atoms with E-state index in [1.165, 1.54) is 7.11 Å². The van der Waals surface area contributed by atoms with Crippen molar-refractivity contribution in [3.8, 4) is 5.75 Å². The van der Waals surface area contributed by atoms with Gasteiger partial charge in [0, 0.05) is 25.1 Å². The van der Waals surface area contributed by atoms with E-state index >= 15 is 0 Å². The third-order valence-electron chi connectivity index (χ3n) is 8.08. The molecule has 0 spiro atoms. The highest BCUT2D eigenvalue weighted by atomic mass is 35.5. The molecule has 0 aliphatic carbocycles. The molecular formula is C29H39ClN2O6. The lowest BCUT2D eigenvalue weighted by atomic mass is 9.81. The Morgan fingerprint density at radius 1 is 1.26 bits per heavy atom. The molecule has 7 unspecified atom stereocenters. The van der Waals surface area contributed by atoms with Gasteiger partial charge in [0.2, 0.25) is 0 Å². The molecule has 2 saturated heterocycles. The number of allylic oxidation sites excluding steroid dienone is 4. The molecule has 2 fully saturated rings. The van der Waals surface area contributed by atoms with Gasteiger partial charge in [-0.25, -0.2) is 4.79 Å². The van der Waals surface area contributed by atoms with E-state index in [1.54, 1.807) is 13.2 Å². The number of anilines is 1. The maximum absolute atomic E-state index is 12.5. The van der Waals surface area contributed by atoms with E-state index < -0.39 is 29.6 Å². The van der Waals surface area contributed by atoms with Gasteiger partial charge in [-0.3, -0.25) is 5.32 Å². The lowest BCUT2D eigenvalue weighted by Crippen LogP contribution is -2.63. The van der Waals surface area contributed by atoms with E-state index in [1.807, 2.05) is 38.1 Å². The molecule has 0 radical (unpaired) electrons. The zero-order valence-corrected chi connectivity index (χ0v) is 23.7. The Balaban J connectivity index is 1.71. The van der Waals surface area contributed by atoms with Crippen molar-refractivity contribution in [1.82, 2.24) is 5.32 Å². The number of epoxide rings is 1. The first-order valence-electron chi connectivity index (χ1n) is 13.0. The van der Waals surface area contributed by atoms with Crippen molar-refractivity contribution in [2.75, 3.05) is 19.5 Å². The third-order valence-corrected chi connectivity index (χ3v) is 8.47. The normalized spacial score (nSPS) is 38.0. The fraction of sp³-hybridized carbons (Fsp3) is 0.552. The highest BCUT2D eigenvalue weighted by Crippen LogP contribution is 2.50. The first-order valence-corrected chi connectivity index (χ1v) is 13.3. The van der Waals surface area contributed by atoms with Crippen LogP contribution >= 0.6 is 11.6 Å². The number of methoxy groups -OCH3 is 2. The molecule has 3 aliphatic rings. The number of fused-ring (bicyclic) bond motifs is 5. The molecule has 8 nitrogen and oxygen atoms in total. The summed E-state index contributed by atoms with van der Waals surface area (Å²) in [6.07, 6.45) is 4.81. The molecule has 0 saturated carbocycles. The molecular weight excluding hydrogens is 508 g/mol. The maximum Gasteiger partial charge on any atom is 0.409 e. The quantitative estimate of drug-likeness (QED) is 0.429. The monoisotopic (exact) mass is 546 g/mol. The Morgan fingerprint density at radius 3 is 2.68 bits per heavy atom. The van der Waals surface area contributed by atoms with Crippen molar-refractivity contribution in [3.63, 3.8) is 0 Å². The summed E-state index contributed by atoms with van der Waals surface area (Å²) in [5.41, 5.74) is 1.56. The Kier molecular flexibility index (Phi) is 8.19. The number of hydrogen-bond donors (Lipinski definition) is 3. The minimum atomic E-state index is -1.63. The zero-order valence-electron chi connectivity index (χ0n) is 23.0. The molecule has 208 valence electrons. The van der Waals surface area contributed by atoms with E-state index in [-0.39, 0.29) is 24.4 Å². The predicted octanol–water partition coefficient (Wildman–Crippen LogP) is 5.35. The molecule has 1 amide bonds. The first-order chi connectivity index (χ1) is 17.9. The number of ether oxygens (including phenoxy) is 4. The largest absolute Gasteiger partial charge is 0.495 e. The minimum Gasteiger partial charge on any atom is -0.495 e. The molecule has 1 aromatic carbocycles. The van der Waals surface area contributed by atoms with Crippen LogP contribution in [-0.2, 0) is 20.6 Å². The number of alkyl carbamates (subject to hydrolysis) is 1. The average Bonchev–Trinajstić information content (AvgIpc) is 3.54. The van der Waals surface area contributed by atoms with E-state index in [0.717, 1.165) is 22.5 Å². The fourth-order valence-corrected chi connectivity index (χ4v) is 5.86. The van der Waals surface area contributed by atoms with Gasteiger partial charge in [0.25, 0.3) is 0 Å². The number of nitrogens with one attached hydrogen (secondary N) is 2. The Bertz CT molecular complexity index is 1150. The Labute approximate surface area is 230 Å². The van der Waals surface area contributed by atoms with Crippen molar-refractivity contribution >= 4 is 23.4 Å². The van der Waals surface area contributed by atoms with Gasteiger partial charge in [0.15, 0.2) is 5.72 Å². The van der Waals surface area contributed by atoms with E-state index in [0.29, 0.717) is 23.6 Å². The van der Waals surface area contributed by atoms with Crippen molar-refractivity contribution in [2.24, 2.45) is 11.8 Å². The number of carbonyl (C=O) groups is 1. The highest BCUT2D eigenvalue weighted by Gasteiger charge is 2.61. The first kappa shape index (κ1) is 28.5. The summed E-state index contributed by atoms with van der Waals surface area (Å²) in [5, 5.41) is 17.9. The van der Waals surface area contributed by atoms with Crippen LogP contribution in [-0.4, -0.2) is 55.1 Å². The second kappa shape index (κ2) is 10.9. The van der Waals surface area contributed by atoms with Crippen LogP contribution in [0.2, 0.25) is 5.02 Å². The zero-order chi connectivity index (χ0) is 27.8. The van der Waals surface area contributed by atoms with Gasteiger partial charge >= 0.3 is 6.09 Å². The molecule has 9 heteroatoms. The number of hydrogen-bond acceptors (Lipinski definition) is 7. The van der Waals surface area contributed by atoms with Crippen molar-refractivity contribution in [3.05, 3.63) is 58.8 Å². The van der Waals surface area contributed by atoms with E-state index in [2.05, 4.69) is 31.1 Å². The SMILES string of the molecule is C=C1CC(C)C2(C)OC2C(C)C2CC(O)(NC(=O)O2)C(OC)/C=C/C=C(\C)Cc2cc(c(Cl)c(OC)c2)N1. The molecule has 4 bridgehead atoms. The number of aliphatic hydroxyl groups is 1. The van der Waals surface area contributed by atoms with Crippen LogP contribution in [0.1, 0.15) is 46.1 Å². The molecule has 3 heterocycles. The summed E-state index contributed by atoms with van der Waals surface area (Å²) in [7, 11) is 3.10. The summed E-state index contributed by atoms with van der Waals surface area (Å²) >= 11 is 6.64. The van der Waals surface area contributed by atoms with E-state index in [9.17, 15) is 9.90 Å². The average molecular weight is 547 g/mol. The maximum atomic E-state index is 12.5. The third kappa shape index (κ3) is 5.73. The van der Waals surface area contributed by atoms with Crippen LogP contribution in [0.25, 0.3) is 0 Å². The molecule has 3 aliphatic heterocycles. The Hall–Kier alpha value is -2.52. The number of carbonyl (C=O) groups excluding carboxylic acids is 1. The van der Waals surface area contributed by atoms with Crippen LogP contribution in [0, 0.1) is 11.8 Å². The summed E-state index contributed by atoms with van der Waals surface area (Å²) in [5.74, 6) is 0.539. The standard InChI is InChI=1S/C29H39ClN2O6/c1-16-9-8-10-24(36-7)29(34)15-23(37-27(33)32-29)19(4)26-28(5,38-26)17(2)12-18(3)31-21-13-20(11-16)14-22(35-6)25(21)30/h8-10,13-14,17,19,23-24,26,31,34H,3,11-12,15H2,1-2,4-7H3,(H,32,33)/b10-8+,16-9+. The van der Waals surface area contributed by atoms with Gasteiger partial charge in [-0.1, -0.05) is 55.8 Å². The van der Waals surface area contributed by atoms with Crippen molar-refractivity contribution in [1.29, 1.82) is 0 Å². The summed E-state index contributed by atoms with van der Waals surface area (Å²) in [6, 6.07) is 3.93.